The molecular formula is C18H21N3O. The van der Waals surface area contributed by atoms with Crippen LogP contribution in [0.3, 0.4) is 0 Å². The summed E-state index contributed by atoms with van der Waals surface area (Å²) in [5.74, 6) is 0.250. The number of fused-ring (bicyclic) bond motifs is 1. The highest BCUT2D eigenvalue weighted by Gasteiger charge is 2.12. The third-order valence-electron chi connectivity index (χ3n) is 3.91. The van der Waals surface area contributed by atoms with E-state index in [9.17, 15) is 5.11 Å². The lowest BCUT2D eigenvalue weighted by Gasteiger charge is -2.10. The second kappa shape index (κ2) is 6.18. The van der Waals surface area contributed by atoms with Crippen LogP contribution in [0, 0.1) is 6.92 Å². The molecule has 0 bridgehead atoms. The van der Waals surface area contributed by atoms with Crippen molar-refractivity contribution >= 4 is 11.0 Å². The molecule has 1 heterocycles. The number of hydrogen-bond acceptors (Lipinski definition) is 3. The maximum absolute atomic E-state index is 10.4. The summed E-state index contributed by atoms with van der Waals surface area (Å²) in [6, 6.07) is 11.8. The van der Waals surface area contributed by atoms with E-state index in [1.54, 1.807) is 0 Å². The minimum atomic E-state index is 0.250. The van der Waals surface area contributed by atoms with Crippen LogP contribution in [0.15, 0.2) is 36.4 Å². The molecule has 0 amide bonds. The maximum Gasteiger partial charge on any atom is 0.146 e. The summed E-state index contributed by atoms with van der Waals surface area (Å²) in [6.07, 6.45) is 4.60. The Hall–Kier alpha value is -2.36. The molecule has 0 fully saturated rings. The number of aromatic hydroxyl groups is 1. The minimum Gasteiger partial charge on any atom is -0.505 e. The number of benzene rings is 2. The summed E-state index contributed by atoms with van der Waals surface area (Å²) in [5, 5.41) is 19.3. The maximum atomic E-state index is 10.4. The fourth-order valence-electron chi connectivity index (χ4n) is 2.68. The van der Waals surface area contributed by atoms with E-state index in [0.29, 0.717) is 5.69 Å². The van der Waals surface area contributed by atoms with Crippen molar-refractivity contribution in [1.82, 2.24) is 15.0 Å². The Bertz CT molecular complexity index is 759. The first kappa shape index (κ1) is 14.6. The molecule has 0 radical (unpaired) electrons. The molecule has 0 aliphatic heterocycles. The minimum absolute atomic E-state index is 0.250. The van der Waals surface area contributed by atoms with Crippen molar-refractivity contribution in [2.24, 2.45) is 0 Å². The number of unbranched alkanes of at least 4 members (excludes halogenated alkanes) is 2. The second-order valence-corrected chi connectivity index (χ2v) is 5.72. The highest BCUT2D eigenvalue weighted by atomic mass is 16.3. The summed E-state index contributed by atoms with van der Waals surface area (Å²) >= 11 is 0. The van der Waals surface area contributed by atoms with Crippen LogP contribution in [-0.2, 0) is 6.42 Å². The molecule has 0 spiro atoms. The van der Waals surface area contributed by atoms with E-state index in [-0.39, 0.29) is 5.75 Å². The van der Waals surface area contributed by atoms with E-state index in [0.717, 1.165) is 29.4 Å². The predicted molar refractivity (Wildman–Crippen MR) is 88.5 cm³/mol. The van der Waals surface area contributed by atoms with Gasteiger partial charge in [0.05, 0.1) is 0 Å². The number of phenols is 1. The van der Waals surface area contributed by atoms with Gasteiger partial charge in [-0.1, -0.05) is 38.0 Å². The van der Waals surface area contributed by atoms with Gasteiger partial charge in [-0.15, -0.1) is 15.0 Å². The standard InChI is InChI=1S/C18H21N3O/c1-3-4-5-8-14-11-13(2)18(22)17(12-14)21-19-15-9-6-7-10-16(15)20-21/h6-7,9-12,22H,3-5,8H2,1-2H3. The Labute approximate surface area is 130 Å². The Balaban J connectivity index is 2.01. The van der Waals surface area contributed by atoms with E-state index in [1.165, 1.54) is 23.2 Å². The van der Waals surface area contributed by atoms with Crippen molar-refractivity contribution in [3.63, 3.8) is 0 Å². The zero-order chi connectivity index (χ0) is 15.5. The Morgan fingerprint density at radius 2 is 1.73 bits per heavy atom. The molecule has 2 aromatic carbocycles. The fourth-order valence-corrected chi connectivity index (χ4v) is 2.68. The summed E-state index contributed by atoms with van der Waals surface area (Å²) in [7, 11) is 0. The molecule has 114 valence electrons. The number of nitrogens with zero attached hydrogens (tertiary/aromatic N) is 3. The highest BCUT2D eigenvalue weighted by molar-refractivity contribution is 5.73. The molecule has 1 aromatic heterocycles. The first-order chi connectivity index (χ1) is 10.7. The normalized spacial score (nSPS) is 11.2. The van der Waals surface area contributed by atoms with Crippen LogP contribution in [-0.4, -0.2) is 20.1 Å². The van der Waals surface area contributed by atoms with Gasteiger partial charge in [0.25, 0.3) is 0 Å². The smallest absolute Gasteiger partial charge is 0.146 e. The van der Waals surface area contributed by atoms with Gasteiger partial charge in [0.15, 0.2) is 0 Å². The molecule has 0 saturated carbocycles. The summed E-state index contributed by atoms with van der Waals surface area (Å²) in [5.41, 5.74) is 4.40. The van der Waals surface area contributed by atoms with Crippen molar-refractivity contribution < 1.29 is 5.11 Å². The van der Waals surface area contributed by atoms with Crippen molar-refractivity contribution in [3.8, 4) is 11.4 Å². The number of aromatic nitrogens is 3. The zero-order valence-corrected chi connectivity index (χ0v) is 13.1. The largest absolute Gasteiger partial charge is 0.505 e. The lowest BCUT2D eigenvalue weighted by Crippen LogP contribution is -2.01. The molecular weight excluding hydrogens is 274 g/mol. The summed E-state index contributed by atoms with van der Waals surface area (Å²) < 4.78 is 0. The van der Waals surface area contributed by atoms with Gasteiger partial charge in [-0.25, -0.2) is 0 Å². The van der Waals surface area contributed by atoms with Crippen molar-refractivity contribution in [2.45, 2.75) is 39.5 Å². The molecule has 4 heteroatoms. The van der Waals surface area contributed by atoms with E-state index < -0.39 is 0 Å². The van der Waals surface area contributed by atoms with Gasteiger partial charge in [0, 0.05) is 0 Å². The average molecular weight is 295 g/mol. The number of hydrogen-bond donors (Lipinski definition) is 1. The van der Waals surface area contributed by atoms with E-state index in [4.69, 9.17) is 0 Å². The van der Waals surface area contributed by atoms with Crippen LogP contribution in [0.4, 0.5) is 0 Å². The predicted octanol–water partition coefficient (Wildman–Crippen LogP) is 4.17. The first-order valence-electron chi connectivity index (χ1n) is 7.84. The second-order valence-electron chi connectivity index (χ2n) is 5.72. The van der Waals surface area contributed by atoms with Crippen LogP contribution in [0.1, 0.15) is 37.3 Å². The SMILES string of the molecule is CCCCCc1cc(C)c(O)c(-n2nc3ccccc3n2)c1. The quantitative estimate of drug-likeness (QED) is 0.719. The Morgan fingerprint density at radius 3 is 2.36 bits per heavy atom. The molecule has 4 nitrogen and oxygen atoms in total. The van der Waals surface area contributed by atoms with E-state index >= 15 is 0 Å². The third kappa shape index (κ3) is 2.82. The van der Waals surface area contributed by atoms with Gasteiger partial charge in [-0.2, -0.15) is 0 Å². The molecule has 0 aliphatic carbocycles. The van der Waals surface area contributed by atoms with Crippen LogP contribution < -0.4 is 0 Å². The molecule has 1 N–H and O–H groups in total. The Kier molecular flexibility index (Phi) is 4.09. The van der Waals surface area contributed by atoms with Gasteiger partial charge in [-0.05, 0) is 49.1 Å². The fraction of sp³-hybridized carbons (Fsp3) is 0.333. The van der Waals surface area contributed by atoms with Gasteiger partial charge in [0.1, 0.15) is 22.5 Å². The molecule has 0 saturated heterocycles. The van der Waals surface area contributed by atoms with Gasteiger partial charge >= 0.3 is 0 Å². The highest BCUT2D eigenvalue weighted by Crippen LogP contribution is 2.28. The van der Waals surface area contributed by atoms with Gasteiger partial charge in [-0.3, -0.25) is 0 Å². The van der Waals surface area contributed by atoms with Crippen molar-refractivity contribution in [2.75, 3.05) is 0 Å². The summed E-state index contributed by atoms with van der Waals surface area (Å²) in [6.45, 7) is 4.12. The van der Waals surface area contributed by atoms with Crippen LogP contribution in [0.25, 0.3) is 16.7 Å². The molecule has 0 aliphatic rings. The third-order valence-corrected chi connectivity index (χ3v) is 3.91. The number of rotatable bonds is 5. The van der Waals surface area contributed by atoms with Gasteiger partial charge < -0.3 is 5.11 Å². The molecule has 0 unspecified atom stereocenters. The molecule has 0 atom stereocenters. The topological polar surface area (TPSA) is 50.9 Å². The molecule has 22 heavy (non-hydrogen) atoms. The molecule has 3 aromatic rings. The summed E-state index contributed by atoms with van der Waals surface area (Å²) in [4.78, 5) is 1.54. The van der Waals surface area contributed by atoms with Crippen LogP contribution >= 0.6 is 0 Å². The molecule has 3 rings (SSSR count). The van der Waals surface area contributed by atoms with Crippen LogP contribution in [0.2, 0.25) is 0 Å². The monoisotopic (exact) mass is 295 g/mol. The van der Waals surface area contributed by atoms with E-state index in [2.05, 4.69) is 23.2 Å². The average Bonchev–Trinajstić information content (AvgIpc) is 2.94. The van der Waals surface area contributed by atoms with Crippen LogP contribution in [0.5, 0.6) is 5.75 Å². The number of phenolic OH excluding ortho intramolecular Hbond substituents is 1. The van der Waals surface area contributed by atoms with E-state index in [1.807, 2.05) is 37.3 Å². The van der Waals surface area contributed by atoms with Gasteiger partial charge in [0.2, 0.25) is 0 Å². The zero-order valence-electron chi connectivity index (χ0n) is 13.1. The van der Waals surface area contributed by atoms with Crippen molar-refractivity contribution in [3.05, 3.63) is 47.5 Å². The lowest BCUT2D eigenvalue weighted by atomic mass is 10.0. The lowest BCUT2D eigenvalue weighted by molar-refractivity contribution is 0.463. The van der Waals surface area contributed by atoms with Crippen molar-refractivity contribution in [1.29, 1.82) is 0 Å². The first-order valence-corrected chi connectivity index (χ1v) is 7.84. The number of aryl methyl sites for hydroxylation is 2. The Morgan fingerprint density at radius 1 is 1.05 bits per heavy atom.